The maximum absolute atomic E-state index is 12.9. The fraction of sp³-hybridized carbons (Fsp3) is 0.714. The molecule has 2 rings (SSSR count). The van der Waals surface area contributed by atoms with Gasteiger partial charge in [-0.2, -0.15) is 0 Å². The van der Waals surface area contributed by atoms with Crippen LogP contribution in [-0.2, 0) is 23.9 Å². The molecule has 0 spiro atoms. The first kappa shape index (κ1) is 20.5. The molecule has 1 fully saturated rings. The summed E-state index contributed by atoms with van der Waals surface area (Å²) >= 11 is 0. The van der Waals surface area contributed by atoms with Crippen molar-refractivity contribution in [2.75, 3.05) is 0 Å². The van der Waals surface area contributed by atoms with E-state index in [9.17, 15) is 19.2 Å². The molecule has 1 aliphatic carbocycles. The predicted octanol–water partition coefficient (Wildman–Crippen LogP) is 3.73. The van der Waals surface area contributed by atoms with Gasteiger partial charge in [0.15, 0.2) is 5.60 Å². The standard InChI is InChI=1S/C21H30O5/c1-5-7-8-10-17(23)18-16-12-14(11-15(22)9-6-2)13(3)19(24)21(16,4)26-20(18)25/h16,18H,5-12H2,1-4H3/t16-,18+,21-/m0/s1. The molecule has 3 atom stereocenters. The van der Waals surface area contributed by atoms with Crippen molar-refractivity contribution >= 4 is 23.3 Å². The lowest BCUT2D eigenvalue weighted by molar-refractivity contribution is -0.157. The zero-order valence-electron chi connectivity index (χ0n) is 16.4. The predicted molar refractivity (Wildman–Crippen MR) is 97.5 cm³/mol. The van der Waals surface area contributed by atoms with E-state index in [0.29, 0.717) is 24.8 Å². The lowest BCUT2D eigenvalue weighted by Crippen LogP contribution is -2.47. The largest absolute Gasteiger partial charge is 0.450 e. The number of hydrogen-bond donors (Lipinski definition) is 0. The quantitative estimate of drug-likeness (QED) is 0.355. The Morgan fingerprint density at radius 3 is 2.42 bits per heavy atom. The van der Waals surface area contributed by atoms with Crippen molar-refractivity contribution in [2.45, 2.75) is 84.7 Å². The van der Waals surface area contributed by atoms with Gasteiger partial charge in [0.2, 0.25) is 5.78 Å². The average Bonchev–Trinajstić information content (AvgIpc) is 2.84. The minimum atomic E-state index is -1.27. The first-order valence-electron chi connectivity index (χ1n) is 9.76. The van der Waals surface area contributed by atoms with Crippen LogP contribution in [0.1, 0.15) is 79.1 Å². The monoisotopic (exact) mass is 362 g/mol. The summed E-state index contributed by atoms with van der Waals surface area (Å²) in [5.41, 5.74) is 0.00414. The van der Waals surface area contributed by atoms with Crippen molar-refractivity contribution in [1.82, 2.24) is 0 Å². The highest BCUT2D eigenvalue weighted by Crippen LogP contribution is 2.48. The van der Waals surface area contributed by atoms with Gasteiger partial charge in [0.1, 0.15) is 17.5 Å². The molecule has 1 saturated heterocycles. The molecule has 0 bridgehead atoms. The second-order valence-electron chi connectivity index (χ2n) is 7.76. The van der Waals surface area contributed by atoms with Gasteiger partial charge in [0.05, 0.1) is 0 Å². The molecule has 0 saturated carbocycles. The molecule has 0 aromatic rings. The van der Waals surface area contributed by atoms with Crippen LogP contribution in [0.15, 0.2) is 11.1 Å². The third-order valence-corrected chi connectivity index (χ3v) is 5.78. The maximum atomic E-state index is 12.9. The number of ketones is 3. The molecule has 0 radical (unpaired) electrons. The van der Waals surface area contributed by atoms with E-state index >= 15 is 0 Å². The minimum absolute atomic E-state index is 0.0920. The second-order valence-corrected chi connectivity index (χ2v) is 7.76. The topological polar surface area (TPSA) is 77.5 Å². The molecule has 26 heavy (non-hydrogen) atoms. The Balaban J connectivity index is 2.25. The summed E-state index contributed by atoms with van der Waals surface area (Å²) in [5, 5.41) is 0. The van der Waals surface area contributed by atoms with E-state index in [4.69, 9.17) is 4.74 Å². The molecule has 2 aliphatic rings. The van der Waals surface area contributed by atoms with Gasteiger partial charge >= 0.3 is 5.97 Å². The Morgan fingerprint density at radius 2 is 1.81 bits per heavy atom. The van der Waals surface area contributed by atoms with Crippen molar-refractivity contribution in [2.24, 2.45) is 11.8 Å². The normalized spacial score (nSPS) is 28.2. The Morgan fingerprint density at radius 1 is 1.12 bits per heavy atom. The summed E-state index contributed by atoms with van der Waals surface area (Å²) in [6.45, 7) is 7.31. The van der Waals surface area contributed by atoms with Crippen LogP contribution < -0.4 is 0 Å². The summed E-state index contributed by atoms with van der Waals surface area (Å²) in [5.74, 6) is -2.26. The number of allylic oxidation sites excluding steroid dienone is 1. The molecule has 0 unspecified atom stereocenters. The summed E-state index contributed by atoms with van der Waals surface area (Å²) < 4.78 is 5.45. The van der Waals surface area contributed by atoms with E-state index < -0.39 is 23.4 Å². The highest BCUT2D eigenvalue weighted by atomic mass is 16.6. The van der Waals surface area contributed by atoms with Gasteiger partial charge in [-0.05, 0) is 38.7 Å². The van der Waals surface area contributed by atoms with Crippen LogP contribution in [0.2, 0.25) is 0 Å². The van der Waals surface area contributed by atoms with Crippen LogP contribution in [-0.4, -0.2) is 28.9 Å². The van der Waals surface area contributed by atoms with Crippen molar-refractivity contribution in [1.29, 1.82) is 0 Å². The van der Waals surface area contributed by atoms with Gasteiger partial charge < -0.3 is 4.74 Å². The first-order chi connectivity index (χ1) is 12.3. The number of hydrogen-bond acceptors (Lipinski definition) is 5. The van der Waals surface area contributed by atoms with Crippen LogP contribution in [0.5, 0.6) is 0 Å². The van der Waals surface area contributed by atoms with Gasteiger partial charge in [-0.25, -0.2) is 0 Å². The second kappa shape index (κ2) is 8.28. The summed E-state index contributed by atoms with van der Waals surface area (Å²) in [7, 11) is 0. The minimum Gasteiger partial charge on any atom is -0.450 e. The molecule has 1 aliphatic heterocycles. The van der Waals surface area contributed by atoms with Gasteiger partial charge in [-0.15, -0.1) is 0 Å². The van der Waals surface area contributed by atoms with E-state index in [1.165, 1.54) is 0 Å². The van der Waals surface area contributed by atoms with Gasteiger partial charge in [-0.3, -0.25) is 19.2 Å². The zero-order valence-corrected chi connectivity index (χ0v) is 16.4. The smallest absolute Gasteiger partial charge is 0.317 e. The average molecular weight is 362 g/mol. The van der Waals surface area contributed by atoms with Crippen LogP contribution in [0.25, 0.3) is 0 Å². The summed E-state index contributed by atoms with van der Waals surface area (Å²) in [6.07, 6.45) is 4.87. The van der Waals surface area contributed by atoms with E-state index in [-0.39, 0.29) is 23.8 Å². The number of fused-ring (bicyclic) bond motifs is 1. The Bertz CT molecular complexity index is 645. The molecular weight excluding hydrogens is 332 g/mol. The van der Waals surface area contributed by atoms with E-state index in [1.807, 2.05) is 6.92 Å². The third kappa shape index (κ3) is 3.81. The van der Waals surface area contributed by atoms with Crippen molar-refractivity contribution in [3.05, 3.63) is 11.1 Å². The Kier molecular flexibility index (Phi) is 6.53. The number of unbranched alkanes of at least 4 members (excludes halogenated alkanes) is 2. The van der Waals surface area contributed by atoms with Crippen LogP contribution >= 0.6 is 0 Å². The van der Waals surface area contributed by atoms with Crippen LogP contribution in [0.4, 0.5) is 0 Å². The van der Waals surface area contributed by atoms with Crippen molar-refractivity contribution < 1.29 is 23.9 Å². The molecular formula is C21H30O5. The third-order valence-electron chi connectivity index (χ3n) is 5.78. The van der Waals surface area contributed by atoms with Gasteiger partial charge in [-0.1, -0.05) is 32.3 Å². The van der Waals surface area contributed by atoms with Crippen molar-refractivity contribution in [3.8, 4) is 0 Å². The summed E-state index contributed by atoms with van der Waals surface area (Å²) in [4.78, 5) is 50.0. The Hall–Kier alpha value is -1.78. The number of esters is 1. The van der Waals surface area contributed by atoms with E-state index in [0.717, 1.165) is 31.3 Å². The molecule has 0 N–H and O–H groups in total. The van der Waals surface area contributed by atoms with E-state index in [2.05, 4.69) is 6.92 Å². The highest BCUT2D eigenvalue weighted by molar-refractivity contribution is 6.10. The number of rotatable bonds is 9. The molecule has 0 aromatic heterocycles. The van der Waals surface area contributed by atoms with Gasteiger partial charge in [0, 0.05) is 25.2 Å². The van der Waals surface area contributed by atoms with Gasteiger partial charge in [0.25, 0.3) is 0 Å². The number of ether oxygens (including phenoxy) is 1. The molecule has 144 valence electrons. The van der Waals surface area contributed by atoms with E-state index in [1.54, 1.807) is 13.8 Å². The number of carbonyl (C=O) groups is 4. The molecule has 5 heteroatoms. The number of Topliss-reactive ketones (excluding diaryl/α,β-unsaturated/α-hetero) is 3. The Labute approximate surface area is 155 Å². The molecule has 1 heterocycles. The fourth-order valence-electron chi connectivity index (χ4n) is 4.18. The van der Waals surface area contributed by atoms with Crippen molar-refractivity contribution in [3.63, 3.8) is 0 Å². The molecule has 5 nitrogen and oxygen atoms in total. The summed E-state index contributed by atoms with van der Waals surface area (Å²) in [6, 6.07) is 0. The maximum Gasteiger partial charge on any atom is 0.317 e. The van der Waals surface area contributed by atoms with Crippen LogP contribution in [0.3, 0.4) is 0 Å². The number of carbonyl (C=O) groups excluding carboxylic acids is 4. The molecule has 0 aromatic carbocycles. The SMILES string of the molecule is CCCCCC(=O)[C@@H]1C(=O)O[C@]2(C)C(=O)C(C)=C(CC(=O)CCC)C[C@@H]12. The van der Waals surface area contributed by atoms with Crippen LogP contribution in [0, 0.1) is 11.8 Å². The zero-order chi connectivity index (χ0) is 19.5. The first-order valence-corrected chi connectivity index (χ1v) is 9.76. The fourth-order valence-corrected chi connectivity index (χ4v) is 4.18. The highest BCUT2D eigenvalue weighted by Gasteiger charge is 2.61. The lowest BCUT2D eigenvalue weighted by atomic mass is 9.67. The molecule has 0 amide bonds. The lowest BCUT2D eigenvalue weighted by Gasteiger charge is -2.35.